The maximum Gasteiger partial charge on any atom is 0.120 e. The fourth-order valence-electron chi connectivity index (χ4n) is 3.08. The van der Waals surface area contributed by atoms with Gasteiger partial charge in [-0.2, -0.15) is 15.4 Å². The van der Waals surface area contributed by atoms with Crippen LogP contribution in [-0.2, 0) is 12.8 Å². The fourth-order valence-corrected chi connectivity index (χ4v) is 3.08. The number of benzene rings is 2. The summed E-state index contributed by atoms with van der Waals surface area (Å²) in [6, 6.07) is 12.7. The maximum atomic E-state index is 10.1. The van der Waals surface area contributed by atoms with E-state index < -0.39 is 0 Å². The molecular weight excluding hydrogens is 298 g/mol. The van der Waals surface area contributed by atoms with E-state index in [4.69, 9.17) is 0 Å². The van der Waals surface area contributed by atoms with Crippen LogP contribution in [0.3, 0.4) is 0 Å². The van der Waals surface area contributed by atoms with Crippen LogP contribution in [-0.4, -0.2) is 26.6 Å². The number of fused-ring (bicyclic) bond motifs is 1. The number of unbranched alkanes of at least 4 members (excludes halogenated alkanes) is 1. The number of rotatable bonds is 7. The van der Waals surface area contributed by atoms with Gasteiger partial charge < -0.3 is 5.11 Å². The molecule has 1 aromatic heterocycles. The molecule has 2 aromatic carbocycles. The van der Waals surface area contributed by atoms with E-state index >= 15 is 0 Å². The summed E-state index contributed by atoms with van der Waals surface area (Å²) in [6.45, 7) is 4.23. The molecule has 0 amide bonds. The fraction of sp³-hybridized carbons (Fsp3) is 0.400. The minimum absolute atomic E-state index is 0.290. The number of aryl methyl sites for hydroxylation is 1. The number of aromatic nitrogens is 3. The minimum atomic E-state index is -0.290. The topological polar surface area (TPSA) is 61.8 Å². The van der Waals surface area contributed by atoms with Crippen LogP contribution in [0.1, 0.15) is 44.2 Å². The van der Waals surface area contributed by atoms with E-state index in [-0.39, 0.29) is 6.10 Å². The summed E-state index contributed by atoms with van der Waals surface area (Å²) in [7, 11) is 0. The molecule has 4 heteroatoms. The molecule has 24 heavy (non-hydrogen) atoms. The van der Waals surface area contributed by atoms with E-state index in [0.717, 1.165) is 35.0 Å². The van der Waals surface area contributed by atoms with Crippen molar-refractivity contribution in [2.75, 3.05) is 0 Å². The molecule has 3 aromatic rings. The summed E-state index contributed by atoms with van der Waals surface area (Å²) >= 11 is 0. The van der Waals surface area contributed by atoms with Gasteiger partial charge in [0.1, 0.15) is 11.0 Å². The van der Waals surface area contributed by atoms with Crippen LogP contribution in [0, 0.1) is 0 Å². The third-order valence-corrected chi connectivity index (χ3v) is 4.47. The highest BCUT2D eigenvalue weighted by atomic mass is 16.3. The van der Waals surface area contributed by atoms with Gasteiger partial charge in [-0.05, 0) is 48.4 Å². The molecular formula is C20H25N3O. The molecule has 1 atom stereocenters. The van der Waals surface area contributed by atoms with Crippen molar-refractivity contribution in [3.63, 3.8) is 0 Å². The van der Waals surface area contributed by atoms with Crippen molar-refractivity contribution in [1.29, 1.82) is 0 Å². The largest absolute Gasteiger partial charge is 0.393 e. The van der Waals surface area contributed by atoms with Crippen LogP contribution in [0.4, 0.5) is 0 Å². The number of aliphatic hydroxyl groups excluding tert-OH is 1. The Morgan fingerprint density at radius 2 is 1.92 bits per heavy atom. The predicted molar refractivity (Wildman–Crippen MR) is 97.9 cm³/mol. The zero-order valence-corrected chi connectivity index (χ0v) is 14.4. The van der Waals surface area contributed by atoms with Gasteiger partial charge in [-0.15, -0.1) is 0 Å². The third-order valence-electron chi connectivity index (χ3n) is 4.47. The molecule has 1 unspecified atom stereocenters. The standard InChI is InChI=1S/C20H25N3O/c1-3-5-7-14-10-15(13-17(24)4-2)12-16(11-14)18-8-6-9-19-20(18)22-23-21-19/h6,8-12,17,24H,3-5,7,13H2,1-2H3,(H,21,22,23). The first kappa shape index (κ1) is 16.7. The van der Waals surface area contributed by atoms with Gasteiger partial charge in [0.2, 0.25) is 0 Å². The Kier molecular flexibility index (Phi) is 5.26. The summed E-state index contributed by atoms with van der Waals surface area (Å²) in [5.41, 5.74) is 6.53. The molecule has 0 aliphatic carbocycles. The second kappa shape index (κ2) is 7.58. The first-order valence-corrected chi connectivity index (χ1v) is 8.82. The van der Waals surface area contributed by atoms with E-state index in [2.05, 4.69) is 46.6 Å². The molecule has 0 saturated carbocycles. The molecule has 0 aliphatic rings. The Morgan fingerprint density at radius 1 is 1.08 bits per heavy atom. The highest BCUT2D eigenvalue weighted by Crippen LogP contribution is 2.29. The number of aliphatic hydroxyl groups is 1. The summed E-state index contributed by atoms with van der Waals surface area (Å²) in [4.78, 5) is 0. The molecule has 0 radical (unpaired) electrons. The van der Waals surface area contributed by atoms with Crippen molar-refractivity contribution < 1.29 is 5.11 Å². The van der Waals surface area contributed by atoms with Gasteiger partial charge in [-0.1, -0.05) is 50.6 Å². The molecule has 3 rings (SSSR count). The number of hydrogen-bond acceptors (Lipinski definition) is 3. The Labute approximate surface area is 142 Å². The minimum Gasteiger partial charge on any atom is -0.393 e. The van der Waals surface area contributed by atoms with Gasteiger partial charge in [-0.3, -0.25) is 0 Å². The molecule has 0 spiro atoms. The van der Waals surface area contributed by atoms with Gasteiger partial charge >= 0.3 is 0 Å². The van der Waals surface area contributed by atoms with Crippen molar-refractivity contribution in [2.45, 2.75) is 52.1 Å². The van der Waals surface area contributed by atoms with Gasteiger partial charge in [0.15, 0.2) is 0 Å². The summed E-state index contributed by atoms with van der Waals surface area (Å²) < 4.78 is 0. The lowest BCUT2D eigenvalue weighted by Crippen LogP contribution is -2.08. The molecule has 0 aliphatic heterocycles. The Hall–Kier alpha value is -2.20. The second-order valence-electron chi connectivity index (χ2n) is 6.40. The zero-order chi connectivity index (χ0) is 16.9. The summed E-state index contributed by atoms with van der Waals surface area (Å²) in [5, 5.41) is 21.3. The lowest BCUT2D eigenvalue weighted by molar-refractivity contribution is 0.171. The quantitative estimate of drug-likeness (QED) is 0.682. The van der Waals surface area contributed by atoms with Crippen LogP contribution in [0.2, 0.25) is 0 Å². The first-order chi connectivity index (χ1) is 11.7. The van der Waals surface area contributed by atoms with Crippen LogP contribution < -0.4 is 0 Å². The van der Waals surface area contributed by atoms with Crippen LogP contribution in [0.15, 0.2) is 36.4 Å². The van der Waals surface area contributed by atoms with Crippen molar-refractivity contribution in [3.8, 4) is 11.1 Å². The predicted octanol–water partition coefficient (Wildman–Crippen LogP) is 4.28. The Morgan fingerprint density at radius 3 is 2.71 bits per heavy atom. The Bertz CT molecular complexity index is 810. The molecule has 0 fully saturated rings. The van der Waals surface area contributed by atoms with Crippen molar-refractivity contribution in [3.05, 3.63) is 47.5 Å². The molecule has 4 nitrogen and oxygen atoms in total. The molecule has 0 bridgehead atoms. The first-order valence-electron chi connectivity index (χ1n) is 8.82. The number of nitrogens with zero attached hydrogens (tertiary/aromatic N) is 2. The van der Waals surface area contributed by atoms with Crippen LogP contribution >= 0.6 is 0 Å². The zero-order valence-electron chi connectivity index (χ0n) is 14.4. The van der Waals surface area contributed by atoms with Gasteiger partial charge in [-0.25, -0.2) is 0 Å². The van der Waals surface area contributed by atoms with E-state index in [1.54, 1.807) is 0 Å². The average Bonchev–Trinajstić information content (AvgIpc) is 3.08. The lowest BCUT2D eigenvalue weighted by Gasteiger charge is -2.13. The normalized spacial score (nSPS) is 12.6. The lowest BCUT2D eigenvalue weighted by atomic mass is 9.94. The SMILES string of the molecule is CCCCc1cc(CC(O)CC)cc(-c2cccc3n[nH]nc23)c1. The number of para-hydroxylation sites is 1. The highest BCUT2D eigenvalue weighted by molar-refractivity contribution is 5.91. The van der Waals surface area contributed by atoms with E-state index in [9.17, 15) is 5.11 Å². The number of aromatic amines is 1. The third kappa shape index (κ3) is 3.65. The van der Waals surface area contributed by atoms with Crippen molar-refractivity contribution in [2.24, 2.45) is 0 Å². The number of hydrogen-bond donors (Lipinski definition) is 2. The van der Waals surface area contributed by atoms with Crippen LogP contribution in [0.5, 0.6) is 0 Å². The maximum absolute atomic E-state index is 10.1. The molecule has 0 saturated heterocycles. The molecule has 126 valence electrons. The van der Waals surface area contributed by atoms with E-state index in [1.165, 1.54) is 24.0 Å². The highest BCUT2D eigenvalue weighted by Gasteiger charge is 2.11. The van der Waals surface area contributed by atoms with E-state index in [1.807, 2.05) is 19.1 Å². The second-order valence-corrected chi connectivity index (χ2v) is 6.40. The smallest absolute Gasteiger partial charge is 0.120 e. The van der Waals surface area contributed by atoms with Gasteiger partial charge in [0.25, 0.3) is 0 Å². The summed E-state index contributed by atoms with van der Waals surface area (Å²) in [6.07, 6.45) is 4.59. The Balaban J connectivity index is 2.05. The van der Waals surface area contributed by atoms with Gasteiger partial charge in [0.05, 0.1) is 6.10 Å². The van der Waals surface area contributed by atoms with Crippen molar-refractivity contribution in [1.82, 2.24) is 15.4 Å². The molecule has 2 N–H and O–H groups in total. The average molecular weight is 323 g/mol. The molecule has 1 heterocycles. The van der Waals surface area contributed by atoms with Crippen LogP contribution in [0.25, 0.3) is 22.2 Å². The number of nitrogens with one attached hydrogen (secondary N) is 1. The van der Waals surface area contributed by atoms with Gasteiger partial charge in [0, 0.05) is 5.56 Å². The summed E-state index contributed by atoms with van der Waals surface area (Å²) in [5.74, 6) is 0. The monoisotopic (exact) mass is 323 g/mol. The van der Waals surface area contributed by atoms with E-state index in [0.29, 0.717) is 6.42 Å². The number of H-pyrrole nitrogens is 1. The van der Waals surface area contributed by atoms with Crippen molar-refractivity contribution >= 4 is 11.0 Å².